The van der Waals surface area contributed by atoms with Crippen molar-refractivity contribution in [2.75, 3.05) is 26.8 Å². The van der Waals surface area contributed by atoms with Crippen molar-refractivity contribution in [2.45, 2.75) is 18.3 Å². The van der Waals surface area contributed by atoms with Gasteiger partial charge < -0.3 is 14.6 Å². The molecular formula is C9H15NO7S. The Morgan fingerprint density at radius 2 is 2.11 bits per heavy atom. The lowest BCUT2D eigenvalue weighted by Gasteiger charge is -2.31. The number of nitrogens with zero attached hydrogens (tertiary/aromatic N) is 1. The molecule has 0 aromatic rings. The van der Waals surface area contributed by atoms with E-state index in [1.165, 1.54) is 6.92 Å². The maximum atomic E-state index is 12.0. The Hall–Kier alpha value is -1.19. The average Bonchev–Trinajstić information content (AvgIpc) is 2.36. The Morgan fingerprint density at radius 1 is 1.50 bits per heavy atom. The fraction of sp³-hybridized carbons (Fsp3) is 0.778. The third kappa shape index (κ3) is 2.98. The van der Waals surface area contributed by atoms with Gasteiger partial charge in [0, 0.05) is 6.54 Å². The molecule has 2 atom stereocenters. The number of carboxylic acid groups (broad SMARTS) is 1. The molecule has 0 saturated carbocycles. The summed E-state index contributed by atoms with van der Waals surface area (Å²) in [4.78, 5) is 22.0. The lowest BCUT2D eigenvalue weighted by Crippen LogP contribution is -2.51. The van der Waals surface area contributed by atoms with Crippen LogP contribution in [0.1, 0.15) is 6.92 Å². The van der Waals surface area contributed by atoms with Crippen molar-refractivity contribution in [3.05, 3.63) is 0 Å². The first-order valence-electron chi connectivity index (χ1n) is 5.22. The number of carbonyl (C=O) groups is 2. The summed E-state index contributed by atoms with van der Waals surface area (Å²) in [5.41, 5.74) is 0. The smallest absolute Gasteiger partial charge is 0.334 e. The van der Waals surface area contributed by atoms with Crippen LogP contribution in [0, 0.1) is 0 Å². The van der Waals surface area contributed by atoms with Gasteiger partial charge in [0.1, 0.15) is 0 Å². The molecule has 9 heteroatoms. The SMILES string of the molecule is COC(=O)C(C)S(=O)(=O)N1CCOC(C(=O)O)C1. The van der Waals surface area contributed by atoms with Crippen LogP contribution in [0.4, 0.5) is 0 Å². The molecule has 2 unspecified atom stereocenters. The van der Waals surface area contributed by atoms with Crippen LogP contribution in [-0.4, -0.2) is 67.9 Å². The summed E-state index contributed by atoms with van der Waals surface area (Å²) >= 11 is 0. The molecule has 0 bridgehead atoms. The van der Waals surface area contributed by atoms with Gasteiger partial charge in [-0.25, -0.2) is 13.2 Å². The number of ether oxygens (including phenoxy) is 2. The second-order valence-electron chi connectivity index (χ2n) is 3.77. The van der Waals surface area contributed by atoms with Gasteiger partial charge in [0.2, 0.25) is 10.0 Å². The van der Waals surface area contributed by atoms with Gasteiger partial charge in [0.15, 0.2) is 11.4 Å². The summed E-state index contributed by atoms with van der Waals surface area (Å²) in [6.45, 7) is 0.892. The maximum Gasteiger partial charge on any atom is 0.334 e. The number of morpholine rings is 1. The van der Waals surface area contributed by atoms with Crippen molar-refractivity contribution >= 4 is 22.0 Å². The molecule has 1 N–H and O–H groups in total. The molecule has 1 heterocycles. The standard InChI is InChI=1S/C9H15NO7S/c1-6(9(13)16-2)18(14,15)10-3-4-17-7(5-10)8(11)12/h6-7H,3-5H2,1-2H3,(H,11,12). The summed E-state index contributed by atoms with van der Waals surface area (Å²) in [6, 6.07) is 0. The van der Waals surface area contributed by atoms with Crippen LogP contribution < -0.4 is 0 Å². The van der Waals surface area contributed by atoms with Crippen molar-refractivity contribution in [2.24, 2.45) is 0 Å². The number of esters is 1. The second-order valence-corrected chi connectivity index (χ2v) is 6.02. The number of aliphatic carboxylic acids is 1. The van der Waals surface area contributed by atoms with E-state index in [4.69, 9.17) is 9.84 Å². The van der Waals surface area contributed by atoms with E-state index in [1.807, 2.05) is 0 Å². The van der Waals surface area contributed by atoms with Gasteiger partial charge in [-0.3, -0.25) is 4.79 Å². The predicted octanol–water partition coefficient (Wildman–Crippen LogP) is -1.34. The summed E-state index contributed by atoms with van der Waals surface area (Å²) in [6.07, 6.45) is -1.21. The minimum absolute atomic E-state index is 0.0213. The van der Waals surface area contributed by atoms with Crippen LogP contribution in [0.25, 0.3) is 0 Å². The van der Waals surface area contributed by atoms with Crippen LogP contribution in [0.15, 0.2) is 0 Å². The molecule has 0 spiro atoms. The number of carbonyl (C=O) groups excluding carboxylic acids is 1. The van der Waals surface area contributed by atoms with E-state index in [0.29, 0.717) is 0 Å². The quantitative estimate of drug-likeness (QED) is 0.635. The van der Waals surface area contributed by atoms with Crippen molar-refractivity contribution < 1.29 is 32.6 Å². The molecule has 18 heavy (non-hydrogen) atoms. The highest BCUT2D eigenvalue weighted by Gasteiger charge is 2.39. The number of hydrogen-bond donors (Lipinski definition) is 1. The Bertz CT molecular complexity index is 432. The van der Waals surface area contributed by atoms with Gasteiger partial charge >= 0.3 is 11.9 Å². The van der Waals surface area contributed by atoms with E-state index in [0.717, 1.165) is 11.4 Å². The van der Waals surface area contributed by atoms with Gasteiger partial charge in [-0.2, -0.15) is 4.31 Å². The summed E-state index contributed by atoms with van der Waals surface area (Å²) in [5, 5.41) is 7.41. The van der Waals surface area contributed by atoms with E-state index in [2.05, 4.69) is 4.74 Å². The summed E-state index contributed by atoms with van der Waals surface area (Å²) < 4.78 is 34.3. The minimum atomic E-state index is -3.92. The first-order valence-corrected chi connectivity index (χ1v) is 6.72. The normalized spacial score (nSPS) is 23.3. The molecule has 1 aliphatic rings. The third-order valence-corrected chi connectivity index (χ3v) is 4.78. The van der Waals surface area contributed by atoms with E-state index < -0.39 is 33.3 Å². The van der Waals surface area contributed by atoms with Crippen LogP contribution in [0.3, 0.4) is 0 Å². The number of rotatable bonds is 4. The van der Waals surface area contributed by atoms with Crippen LogP contribution in [0.2, 0.25) is 0 Å². The Balaban J connectivity index is 2.85. The van der Waals surface area contributed by atoms with Gasteiger partial charge in [-0.05, 0) is 6.92 Å². The molecular weight excluding hydrogens is 266 g/mol. The highest BCUT2D eigenvalue weighted by molar-refractivity contribution is 7.90. The lowest BCUT2D eigenvalue weighted by atomic mass is 10.3. The number of carboxylic acids is 1. The molecule has 1 rings (SSSR count). The van der Waals surface area contributed by atoms with Crippen molar-refractivity contribution in [1.82, 2.24) is 4.31 Å². The molecule has 0 aromatic heterocycles. The maximum absolute atomic E-state index is 12.0. The predicted molar refractivity (Wildman–Crippen MR) is 59.3 cm³/mol. The molecule has 104 valence electrons. The van der Waals surface area contributed by atoms with Crippen molar-refractivity contribution in [3.8, 4) is 0 Å². The Morgan fingerprint density at radius 3 is 2.61 bits per heavy atom. The number of hydrogen-bond acceptors (Lipinski definition) is 6. The van der Waals surface area contributed by atoms with Crippen LogP contribution in [0.5, 0.6) is 0 Å². The molecule has 1 saturated heterocycles. The largest absolute Gasteiger partial charge is 0.479 e. The second kappa shape index (κ2) is 5.63. The van der Waals surface area contributed by atoms with E-state index in [9.17, 15) is 18.0 Å². The van der Waals surface area contributed by atoms with Crippen LogP contribution in [-0.2, 0) is 29.1 Å². The summed E-state index contributed by atoms with van der Waals surface area (Å²) in [7, 11) is -2.83. The van der Waals surface area contributed by atoms with Gasteiger partial charge in [-0.15, -0.1) is 0 Å². The molecule has 1 aliphatic heterocycles. The minimum Gasteiger partial charge on any atom is -0.479 e. The first-order chi connectivity index (χ1) is 8.30. The highest BCUT2D eigenvalue weighted by Crippen LogP contribution is 2.15. The fourth-order valence-corrected chi connectivity index (χ4v) is 2.98. The van der Waals surface area contributed by atoms with Crippen molar-refractivity contribution in [1.29, 1.82) is 0 Å². The zero-order valence-electron chi connectivity index (χ0n) is 10.0. The molecule has 8 nitrogen and oxygen atoms in total. The van der Waals surface area contributed by atoms with Gasteiger partial charge in [-0.1, -0.05) is 0 Å². The molecule has 0 radical (unpaired) electrons. The van der Waals surface area contributed by atoms with Gasteiger partial charge in [0.05, 0.1) is 20.3 Å². The lowest BCUT2D eigenvalue weighted by molar-refractivity contribution is -0.153. The Kier molecular flexibility index (Phi) is 4.65. The Labute approximate surface area is 105 Å². The molecule has 0 aromatic carbocycles. The van der Waals surface area contributed by atoms with E-state index >= 15 is 0 Å². The zero-order chi connectivity index (χ0) is 13.9. The molecule has 1 fully saturated rings. The van der Waals surface area contributed by atoms with Crippen LogP contribution >= 0.6 is 0 Å². The molecule has 0 amide bonds. The van der Waals surface area contributed by atoms with Crippen molar-refractivity contribution in [3.63, 3.8) is 0 Å². The highest BCUT2D eigenvalue weighted by atomic mass is 32.2. The van der Waals surface area contributed by atoms with E-state index in [-0.39, 0.29) is 19.7 Å². The number of sulfonamides is 1. The average molecular weight is 281 g/mol. The topological polar surface area (TPSA) is 110 Å². The number of methoxy groups -OCH3 is 1. The monoisotopic (exact) mass is 281 g/mol. The summed E-state index contributed by atoms with van der Waals surface area (Å²) in [5.74, 6) is -2.12. The molecule has 0 aliphatic carbocycles. The fourth-order valence-electron chi connectivity index (χ4n) is 1.52. The van der Waals surface area contributed by atoms with E-state index in [1.54, 1.807) is 0 Å². The third-order valence-electron chi connectivity index (χ3n) is 2.64. The van der Waals surface area contributed by atoms with Gasteiger partial charge in [0.25, 0.3) is 0 Å². The zero-order valence-corrected chi connectivity index (χ0v) is 10.8. The first kappa shape index (κ1) is 14.9.